The monoisotopic (exact) mass is 195 g/mol. The zero-order chi connectivity index (χ0) is 10.1. The van der Waals surface area contributed by atoms with Crippen LogP contribution in [0.2, 0.25) is 0 Å². The standard InChI is InChI=1S/C9H7F2N3/c10-6-3-1-2-5(8(6)11)9-7(12)4-13-14-9/h1-4H,12H2,(H,13,14). The lowest BCUT2D eigenvalue weighted by atomic mass is 10.1. The van der Waals surface area contributed by atoms with Gasteiger partial charge in [-0.3, -0.25) is 5.10 Å². The SMILES string of the molecule is Nc1cn[nH]c1-c1cccc(F)c1F. The number of hydrogen-bond acceptors (Lipinski definition) is 2. The smallest absolute Gasteiger partial charge is 0.168 e. The van der Waals surface area contributed by atoms with Crippen molar-refractivity contribution < 1.29 is 8.78 Å². The van der Waals surface area contributed by atoms with Crippen LogP contribution in [0, 0.1) is 11.6 Å². The van der Waals surface area contributed by atoms with E-state index in [0.717, 1.165) is 6.07 Å². The Labute approximate surface area is 78.6 Å². The van der Waals surface area contributed by atoms with Crippen LogP contribution in [-0.2, 0) is 0 Å². The molecule has 72 valence electrons. The van der Waals surface area contributed by atoms with E-state index >= 15 is 0 Å². The van der Waals surface area contributed by atoms with Crippen LogP contribution in [0.1, 0.15) is 0 Å². The summed E-state index contributed by atoms with van der Waals surface area (Å²) in [6, 6.07) is 3.89. The van der Waals surface area contributed by atoms with Crippen LogP contribution >= 0.6 is 0 Å². The minimum Gasteiger partial charge on any atom is -0.396 e. The highest BCUT2D eigenvalue weighted by atomic mass is 19.2. The molecule has 3 N–H and O–H groups in total. The summed E-state index contributed by atoms with van der Waals surface area (Å²) in [5.74, 6) is -1.83. The molecule has 0 saturated heterocycles. The fourth-order valence-electron chi connectivity index (χ4n) is 1.21. The molecule has 0 aliphatic rings. The molecule has 0 amide bonds. The summed E-state index contributed by atoms with van der Waals surface area (Å²) in [6.07, 6.45) is 1.35. The van der Waals surface area contributed by atoms with Crippen molar-refractivity contribution in [2.75, 3.05) is 5.73 Å². The van der Waals surface area contributed by atoms with Crippen LogP contribution in [0.25, 0.3) is 11.3 Å². The number of nitrogens with zero attached hydrogens (tertiary/aromatic N) is 1. The molecule has 0 spiro atoms. The quantitative estimate of drug-likeness (QED) is 0.730. The molecule has 0 unspecified atom stereocenters. The zero-order valence-electron chi connectivity index (χ0n) is 7.09. The summed E-state index contributed by atoms with van der Waals surface area (Å²) < 4.78 is 26.1. The van der Waals surface area contributed by atoms with E-state index in [1.165, 1.54) is 18.3 Å². The number of hydrogen-bond donors (Lipinski definition) is 2. The van der Waals surface area contributed by atoms with Gasteiger partial charge in [0.1, 0.15) is 0 Å². The number of aromatic nitrogens is 2. The van der Waals surface area contributed by atoms with Crippen molar-refractivity contribution >= 4 is 5.69 Å². The second-order valence-electron chi connectivity index (χ2n) is 2.80. The first-order valence-electron chi connectivity index (χ1n) is 3.93. The Bertz CT molecular complexity index is 465. The highest BCUT2D eigenvalue weighted by Crippen LogP contribution is 2.26. The maximum Gasteiger partial charge on any atom is 0.168 e. The molecule has 0 saturated carbocycles. The molecule has 0 aliphatic heterocycles. The molecule has 0 bridgehead atoms. The summed E-state index contributed by atoms with van der Waals surface area (Å²) >= 11 is 0. The molecule has 3 nitrogen and oxygen atoms in total. The number of nitrogen functional groups attached to an aromatic ring is 1. The predicted octanol–water partition coefficient (Wildman–Crippen LogP) is 1.94. The third kappa shape index (κ3) is 1.22. The molecule has 0 radical (unpaired) electrons. The van der Waals surface area contributed by atoms with Gasteiger partial charge in [0.05, 0.1) is 17.6 Å². The Morgan fingerprint density at radius 3 is 2.71 bits per heavy atom. The van der Waals surface area contributed by atoms with Gasteiger partial charge in [0.25, 0.3) is 0 Å². The second-order valence-corrected chi connectivity index (χ2v) is 2.80. The van der Waals surface area contributed by atoms with Crippen molar-refractivity contribution in [2.45, 2.75) is 0 Å². The van der Waals surface area contributed by atoms with Gasteiger partial charge in [-0.2, -0.15) is 5.10 Å². The van der Waals surface area contributed by atoms with Gasteiger partial charge >= 0.3 is 0 Å². The molecule has 0 atom stereocenters. The van der Waals surface area contributed by atoms with E-state index in [4.69, 9.17) is 5.73 Å². The van der Waals surface area contributed by atoms with Gasteiger partial charge < -0.3 is 5.73 Å². The number of benzene rings is 1. The van der Waals surface area contributed by atoms with Crippen molar-refractivity contribution in [3.63, 3.8) is 0 Å². The van der Waals surface area contributed by atoms with Crippen LogP contribution in [0.4, 0.5) is 14.5 Å². The van der Waals surface area contributed by atoms with Gasteiger partial charge in [-0.05, 0) is 12.1 Å². The van der Waals surface area contributed by atoms with Crippen molar-refractivity contribution in [3.8, 4) is 11.3 Å². The number of rotatable bonds is 1. The topological polar surface area (TPSA) is 54.7 Å². The van der Waals surface area contributed by atoms with E-state index in [1.807, 2.05) is 0 Å². The zero-order valence-corrected chi connectivity index (χ0v) is 7.09. The van der Waals surface area contributed by atoms with Crippen LogP contribution in [0.5, 0.6) is 0 Å². The molecule has 5 heteroatoms. The van der Waals surface area contributed by atoms with E-state index in [1.54, 1.807) is 0 Å². The summed E-state index contributed by atoms with van der Waals surface area (Å²) in [7, 11) is 0. The largest absolute Gasteiger partial charge is 0.396 e. The van der Waals surface area contributed by atoms with Gasteiger partial charge in [-0.1, -0.05) is 6.07 Å². The average Bonchev–Trinajstić information content (AvgIpc) is 2.57. The van der Waals surface area contributed by atoms with Crippen molar-refractivity contribution in [2.24, 2.45) is 0 Å². The van der Waals surface area contributed by atoms with Gasteiger partial charge in [-0.25, -0.2) is 8.78 Å². The third-order valence-electron chi connectivity index (χ3n) is 1.89. The fraction of sp³-hybridized carbons (Fsp3) is 0. The number of aromatic amines is 1. The molecular formula is C9H7F2N3. The van der Waals surface area contributed by atoms with Gasteiger partial charge in [0, 0.05) is 5.56 Å². The van der Waals surface area contributed by atoms with E-state index < -0.39 is 11.6 Å². The Kier molecular flexibility index (Phi) is 1.92. The molecule has 0 aliphatic carbocycles. The first-order valence-corrected chi connectivity index (χ1v) is 3.93. The minimum absolute atomic E-state index is 0.0833. The van der Waals surface area contributed by atoms with Crippen LogP contribution < -0.4 is 5.73 Å². The highest BCUT2D eigenvalue weighted by molar-refractivity contribution is 5.72. The lowest BCUT2D eigenvalue weighted by Gasteiger charge is -2.01. The number of nitrogens with one attached hydrogen (secondary N) is 1. The molecule has 2 rings (SSSR count). The van der Waals surface area contributed by atoms with Crippen LogP contribution in [-0.4, -0.2) is 10.2 Å². The van der Waals surface area contributed by atoms with Crippen molar-refractivity contribution in [1.82, 2.24) is 10.2 Å². The summed E-state index contributed by atoms with van der Waals surface area (Å²) in [6.45, 7) is 0. The fourth-order valence-corrected chi connectivity index (χ4v) is 1.21. The normalized spacial score (nSPS) is 10.4. The highest BCUT2D eigenvalue weighted by Gasteiger charge is 2.12. The number of nitrogens with two attached hydrogens (primary N) is 1. The number of halogens is 2. The van der Waals surface area contributed by atoms with Gasteiger partial charge in [0.2, 0.25) is 0 Å². The first kappa shape index (κ1) is 8.68. The van der Waals surface area contributed by atoms with Gasteiger partial charge in [0.15, 0.2) is 11.6 Å². The first-order chi connectivity index (χ1) is 6.70. The van der Waals surface area contributed by atoms with Crippen molar-refractivity contribution in [1.29, 1.82) is 0 Å². The summed E-state index contributed by atoms with van der Waals surface area (Å²) in [5, 5.41) is 6.14. The van der Waals surface area contributed by atoms with Gasteiger partial charge in [-0.15, -0.1) is 0 Å². The Balaban J connectivity index is 2.63. The maximum atomic E-state index is 13.3. The van der Waals surface area contributed by atoms with E-state index in [2.05, 4.69) is 10.2 Å². The second kappa shape index (κ2) is 3.10. The number of H-pyrrole nitrogens is 1. The molecule has 1 aromatic carbocycles. The number of anilines is 1. The Morgan fingerprint density at radius 1 is 1.29 bits per heavy atom. The third-order valence-corrected chi connectivity index (χ3v) is 1.89. The lowest BCUT2D eigenvalue weighted by molar-refractivity contribution is 0.511. The average molecular weight is 195 g/mol. The van der Waals surface area contributed by atoms with Crippen LogP contribution in [0.3, 0.4) is 0 Å². The molecule has 14 heavy (non-hydrogen) atoms. The van der Waals surface area contributed by atoms with Crippen molar-refractivity contribution in [3.05, 3.63) is 36.0 Å². The molecule has 1 heterocycles. The summed E-state index contributed by atoms with van der Waals surface area (Å²) in [4.78, 5) is 0. The summed E-state index contributed by atoms with van der Waals surface area (Å²) in [5.41, 5.74) is 6.17. The van der Waals surface area contributed by atoms with E-state index in [-0.39, 0.29) is 11.3 Å². The molecular weight excluding hydrogens is 188 g/mol. The Morgan fingerprint density at radius 2 is 2.07 bits per heavy atom. The predicted molar refractivity (Wildman–Crippen MR) is 48.4 cm³/mol. The van der Waals surface area contributed by atoms with E-state index in [9.17, 15) is 8.78 Å². The molecule has 1 aromatic heterocycles. The minimum atomic E-state index is -0.927. The van der Waals surface area contributed by atoms with E-state index in [0.29, 0.717) is 5.69 Å². The van der Waals surface area contributed by atoms with Crippen LogP contribution in [0.15, 0.2) is 24.4 Å². The lowest BCUT2D eigenvalue weighted by Crippen LogP contribution is -1.92. The Hall–Kier alpha value is -1.91. The maximum absolute atomic E-state index is 13.3. The molecule has 2 aromatic rings. The molecule has 0 fully saturated rings.